The molecule has 0 aliphatic heterocycles. The van der Waals surface area contributed by atoms with Gasteiger partial charge >= 0.3 is 0 Å². The maximum Gasteiger partial charge on any atom is 0.277 e. The molecule has 0 aliphatic rings. The van der Waals surface area contributed by atoms with Crippen LogP contribution < -0.4 is 4.83 Å². The van der Waals surface area contributed by atoms with E-state index in [1.54, 1.807) is 18.3 Å². The molecule has 136 valence electrons. The first-order valence-electron chi connectivity index (χ1n) is 7.49. The Labute approximate surface area is 153 Å². The van der Waals surface area contributed by atoms with E-state index < -0.39 is 14.9 Å². The molecule has 0 unspecified atom stereocenters. The lowest BCUT2D eigenvalue weighted by Crippen LogP contribution is -2.19. The molecule has 0 saturated carbocycles. The molecule has 0 aliphatic carbocycles. The van der Waals surface area contributed by atoms with E-state index in [-0.39, 0.29) is 10.6 Å². The van der Waals surface area contributed by atoms with Crippen LogP contribution >= 0.6 is 0 Å². The highest BCUT2D eigenvalue weighted by atomic mass is 32.2. The zero-order valence-corrected chi connectivity index (χ0v) is 14.7. The summed E-state index contributed by atoms with van der Waals surface area (Å²) in [7, 11) is -4.10. The number of nitrogens with one attached hydrogen (secondary N) is 1. The zero-order valence-electron chi connectivity index (χ0n) is 13.9. The molecule has 3 aromatic rings. The molecule has 0 fully saturated rings. The molecule has 0 amide bonds. The minimum absolute atomic E-state index is 0.236. The van der Waals surface area contributed by atoms with Gasteiger partial charge in [0.2, 0.25) is 0 Å². The SMILES string of the molecule is Cc1ccc([N+](=O)[O-])cc1S(=O)(=O)NN=Cc1cnn2ccc(C#N)cc12. The van der Waals surface area contributed by atoms with Gasteiger partial charge in [-0.15, -0.1) is 0 Å². The van der Waals surface area contributed by atoms with Gasteiger partial charge in [0, 0.05) is 23.9 Å². The van der Waals surface area contributed by atoms with Crippen LogP contribution in [0.5, 0.6) is 0 Å². The molecular formula is C16H12N6O4S. The van der Waals surface area contributed by atoms with Crippen LogP contribution in [0.4, 0.5) is 5.69 Å². The standard InChI is InChI=1S/C16H12N6O4S/c1-11-2-3-14(22(23)24)7-16(11)27(25,26)20-18-9-13-10-19-21-5-4-12(8-17)6-15(13)21/h2-7,9-10,20H,1H3. The van der Waals surface area contributed by atoms with E-state index in [1.165, 1.54) is 36.0 Å². The maximum absolute atomic E-state index is 12.4. The number of benzene rings is 1. The number of nitriles is 1. The molecule has 11 heteroatoms. The van der Waals surface area contributed by atoms with Crippen LogP contribution in [0.15, 0.2) is 52.7 Å². The van der Waals surface area contributed by atoms with E-state index in [2.05, 4.69) is 10.2 Å². The second-order valence-corrected chi connectivity index (χ2v) is 7.15. The topological polar surface area (TPSA) is 143 Å². The van der Waals surface area contributed by atoms with E-state index in [0.717, 1.165) is 6.07 Å². The van der Waals surface area contributed by atoms with Crippen LogP contribution in [0.3, 0.4) is 0 Å². The summed E-state index contributed by atoms with van der Waals surface area (Å²) >= 11 is 0. The number of aromatic nitrogens is 2. The van der Waals surface area contributed by atoms with Crippen LogP contribution in [-0.4, -0.2) is 29.2 Å². The molecule has 2 heterocycles. The molecule has 0 saturated heterocycles. The van der Waals surface area contributed by atoms with Gasteiger partial charge in [-0.2, -0.15) is 23.9 Å². The molecule has 1 aromatic carbocycles. The van der Waals surface area contributed by atoms with E-state index in [4.69, 9.17) is 5.26 Å². The van der Waals surface area contributed by atoms with Gasteiger partial charge in [-0.05, 0) is 24.6 Å². The minimum Gasteiger partial charge on any atom is -0.258 e. The summed E-state index contributed by atoms with van der Waals surface area (Å²) in [5.74, 6) is 0. The monoisotopic (exact) mass is 384 g/mol. The van der Waals surface area contributed by atoms with E-state index >= 15 is 0 Å². The van der Waals surface area contributed by atoms with E-state index in [1.807, 2.05) is 10.9 Å². The number of aryl methyl sites for hydroxylation is 1. The Hall–Kier alpha value is -3.78. The average molecular weight is 384 g/mol. The van der Waals surface area contributed by atoms with E-state index in [9.17, 15) is 18.5 Å². The van der Waals surface area contributed by atoms with Gasteiger partial charge in [-0.1, -0.05) is 6.07 Å². The quantitative estimate of drug-likeness (QED) is 0.403. The summed E-state index contributed by atoms with van der Waals surface area (Å²) in [6.45, 7) is 1.52. The van der Waals surface area contributed by atoms with Crippen molar-refractivity contribution < 1.29 is 13.3 Å². The number of sulfonamides is 1. The first-order chi connectivity index (χ1) is 12.8. The van der Waals surface area contributed by atoms with Crippen LogP contribution in [0.25, 0.3) is 5.52 Å². The van der Waals surface area contributed by atoms with E-state index in [0.29, 0.717) is 22.2 Å². The fraction of sp³-hybridized carbons (Fsp3) is 0.0625. The van der Waals surface area contributed by atoms with Crippen molar-refractivity contribution in [1.82, 2.24) is 14.4 Å². The van der Waals surface area contributed by atoms with Crippen LogP contribution in [0.2, 0.25) is 0 Å². The highest BCUT2D eigenvalue weighted by Gasteiger charge is 2.20. The van der Waals surface area contributed by atoms with Gasteiger partial charge in [-0.3, -0.25) is 10.1 Å². The Morgan fingerprint density at radius 1 is 1.37 bits per heavy atom. The molecule has 27 heavy (non-hydrogen) atoms. The summed E-state index contributed by atoms with van der Waals surface area (Å²) in [6, 6.07) is 8.74. The Balaban J connectivity index is 1.89. The molecular weight excluding hydrogens is 372 g/mol. The molecule has 0 atom stereocenters. The maximum atomic E-state index is 12.4. The number of nitrogens with zero attached hydrogens (tertiary/aromatic N) is 5. The van der Waals surface area contributed by atoms with Crippen LogP contribution in [-0.2, 0) is 10.0 Å². The summed E-state index contributed by atoms with van der Waals surface area (Å²) in [6.07, 6.45) is 4.31. The highest BCUT2D eigenvalue weighted by Crippen LogP contribution is 2.21. The van der Waals surface area contributed by atoms with Crippen LogP contribution in [0, 0.1) is 28.4 Å². The molecule has 0 radical (unpaired) electrons. The zero-order chi connectivity index (χ0) is 19.6. The van der Waals surface area contributed by atoms with Crippen molar-refractivity contribution in [3.63, 3.8) is 0 Å². The van der Waals surface area contributed by atoms with Gasteiger partial charge in [-0.25, -0.2) is 9.35 Å². The smallest absolute Gasteiger partial charge is 0.258 e. The molecule has 2 aromatic heterocycles. The number of hydrazone groups is 1. The van der Waals surface area contributed by atoms with Gasteiger partial charge < -0.3 is 0 Å². The predicted octanol–water partition coefficient (Wildman–Crippen LogP) is 1.73. The van der Waals surface area contributed by atoms with Gasteiger partial charge in [0.25, 0.3) is 15.7 Å². The number of nitro benzene ring substituents is 1. The lowest BCUT2D eigenvalue weighted by atomic mass is 10.2. The molecule has 3 rings (SSSR count). The second-order valence-electron chi connectivity index (χ2n) is 5.52. The third-order valence-electron chi connectivity index (χ3n) is 3.73. The normalized spacial score (nSPS) is 11.6. The van der Waals surface area contributed by atoms with Gasteiger partial charge in [0.1, 0.15) is 0 Å². The fourth-order valence-corrected chi connectivity index (χ4v) is 3.43. The Morgan fingerprint density at radius 2 is 2.15 bits per heavy atom. The first kappa shape index (κ1) is 18.0. The molecule has 10 nitrogen and oxygen atoms in total. The number of hydrogen-bond acceptors (Lipinski definition) is 7. The second kappa shape index (κ2) is 6.85. The number of non-ortho nitro benzene ring substituents is 1. The summed E-state index contributed by atoms with van der Waals surface area (Å²) in [4.78, 5) is 12.0. The largest absolute Gasteiger partial charge is 0.277 e. The third kappa shape index (κ3) is 3.60. The third-order valence-corrected chi connectivity index (χ3v) is 5.09. The number of rotatable bonds is 5. The number of hydrogen-bond donors (Lipinski definition) is 1. The first-order valence-corrected chi connectivity index (χ1v) is 8.97. The van der Waals surface area contributed by atoms with Crippen molar-refractivity contribution in [1.29, 1.82) is 5.26 Å². The van der Waals surface area contributed by atoms with Crippen molar-refractivity contribution >= 4 is 27.4 Å². The molecule has 0 spiro atoms. The lowest BCUT2D eigenvalue weighted by Gasteiger charge is -2.06. The average Bonchev–Trinajstić information content (AvgIpc) is 3.03. The minimum atomic E-state index is -4.10. The van der Waals surface area contributed by atoms with Crippen molar-refractivity contribution in [3.8, 4) is 6.07 Å². The van der Waals surface area contributed by atoms with Crippen molar-refractivity contribution in [3.05, 3.63) is 69.5 Å². The fourth-order valence-electron chi connectivity index (χ4n) is 2.37. The van der Waals surface area contributed by atoms with Crippen molar-refractivity contribution in [2.24, 2.45) is 5.10 Å². The molecule has 0 bridgehead atoms. The number of fused-ring (bicyclic) bond motifs is 1. The van der Waals surface area contributed by atoms with Crippen molar-refractivity contribution in [2.75, 3.05) is 0 Å². The Morgan fingerprint density at radius 3 is 2.85 bits per heavy atom. The Bertz CT molecular complexity index is 1220. The van der Waals surface area contributed by atoms with Gasteiger partial charge in [0.05, 0.1) is 39.4 Å². The summed E-state index contributed by atoms with van der Waals surface area (Å²) < 4.78 is 26.3. The molecule has 1 N–H and O–H groups in total. The summed E-state index contributed by atoms with van der Waals surface area (Å²) in [5.41, 5.74) is 1.49. The lowest BCUT2D eigenvalue weighted by molar-refractivity contribution is -0.385. The summed E-state index contributed by atoms with van der Waals surface area (Å²) in [5, 5.41) is 27.6. The number of pyridine rings is 1. The van der Waals surface area contributed by atoms with Gasteiger partial charge in [0.15, 0.2) is 0 Å². The predicted molar refractivity (Wildman–Crippen MR) is 95.7 cm³/mol. The van der Waals surface area contributed by atoms with Crippen molar-refractivity contribution in [2.45, 2.75) is 11.8 Å². The number of nitro groups is 1. The van der Waals surface area contributed by atoms with Crippen LogP contribution in [0.1, 0.15) is 16.7 Å². The Kier molecular flexibility index (Phi) is 4.57. The highest BCUT2D eigenvalue weighted by molar-refractivity contribution is 7.89.